The third-order valence-corrected chi connectivity index (χ3v) is 6.46. The maximum Gasteiger partial charge on any atom is 0.404 e. The first-order valence-corrected chi connectivity index (χ1v) is 10.9. The topological polar surface area (TPSA) is 67.1 Å². The maximum absolute atomic E-state index is 13.4. The largest absolute Gasteiger partial charge is 0.404 e. The lowest BCUT2D eigenvalue weighted by molar-refractivity contribution is -0.191. The molecule has 3 N–H and O–H groups in total. The Morgan fingerprint density at radius 2 is 2.00 bits per heavy atom. The van der Waals surface area contributed by atoms with Crippen molar-refractivity contribution < 1.29 is 17.6 Å². The van der Waals surface area contributed by atoms with Gasteiger partial charge in [0, 0.05) is 43.0 Å². The van der Waals surface area contributed by atoms with Gasteiger partial charge in [0.1, 0.15) is 6.04 Å². The number of anilines is 1. The van der Waals surface area contributed by atoms with Crippen molar-refractivity contribution in [3.05, 3.63) is 42.6 Å². The maximum atomic E-state index is 13.4. The van der Waals surface area contributed by atoms with Crippen molar-refractivity contribution in [2.24, 2.45) is 5.73 Å². The summed E-state index contributed by atoms with van der Waals surface area (Å²) in [5.74, 6) is -0.535. The molecule has 2 unspecified atom stereocenters. The molecule has 3 heterocycles. The van der Waals surface area contributed by atoms with Gasteiger partial charge in [0.2, 0.25) is 5.95 Å². The van der Waals surface area contributed by atoms with Gasteiger partial charge in [-0.05, 0) is 36.4 Å². The Bertz CT molecular complexity index is 1040. The summed E-state index contributed by atoms with van der Waals surface area (Å²) in [6.45, 7) is 0.916. The van der Waals surface area contributed by atoms with E-state index in [1.165, 1.54) is 28.5 Å². The fourth-order valence-electron chi connectivity index (χ4n) is 3.92. The second-order valence-corrected chi connectivity index (χ2v) is 8.82. The Labute approximate surface area is 181 Å². The molecule has 10 heteroatoms. The van der Waals surface area contributed by atoms with Crippen LogP contribution in [-0.2, 0) is 0 Å². The lowest BCUT2D eigenvalue weighted by Crippen LogP contribution is -2.53. The summed E-state index contributed by atoms with van der Waals surface area (Å²) in [5, 5.41) is 5.35. The van der Waals surface area contributed by atoms with Gasteiger partial charge in [0.05, 0.1) is 4.88 Å². The molecule has 2 aromatic heterocycles. The minimum Gasteiger partial charge on any atom is -0.360 e. The van der Waals surface area contributed by atoms with Crippen molar-refractivity contribution >= 4 is 27.2 Å². The Morgan fingerprint density at radius 1 is 1.16 bits per heavy atom. The quantitative estimate of drug-likeness (QED) is 0.420. The van der Waals surface area contributed by atoms with E-state index in [9.17, 15) is 17.6 Å². The summed E-state index contributed by atoms with van der Waals surface area (Å²) in [6.07, 6.45) is 0.451. The van der Waals surface area contributed by atoms with Gasteiger partial charge in [-0.15, -0.1) is 0 Å². The van der Waals surface area contributed by atoms with E-state index >= 15 is 0 Å². The molecule has 0 spiro atoms. The number of piperidine rings is 1. The number of nitrogens with two attached hydrogens (primary N) is 1. The number of halogens is 4. The van der Waals surface area contributed by atoms with E-state index in [1.54, 1.807) is 6.20 Å². The summed E-state index contributed by atoms with van der Waals surface area (Å²) in [4.78, 5) is 10.3. The minimum absolute atomic E-state index is 0.130. The van der Waals surface area contributed by atoms with Crippen LogP contribution in [0.5, 0.6) is 0 Å². The third-order valence-electron chi connectivity index (χ3n) is 5.45. The number of nitrogens with zero attached hydrogens (tertiary/aromatic N) is 3. The Balaban J connectivity index is 1.37. The number of alkyl halides is 3. The molecular formula is C21H23F4N5S. The highest BCUT2D eigenvalue weighted by atomic mass is 32.1. The number of nitrogens with one attached hydrogen (secondary N) is 1. The van der Waals surface area contributed by atoms with E-state index in [0.29, 0.717) is 24.6 Å². The SMILES string of the molecule is NC(CNc1ncc(-c2ccc3cnc(F)cc3c2)s1)CN1CCCCC1C(F)(F)F. The van der Waals surface area contributed by atoms with E-state index in [0.717, 1.165) is 27.6 Å². The molecule has 5 nitrogen and oxygen atoms in total. The van der Waals surface area contributed by atoms with Gasteiger partial charge in [-0.3, -0.25) is 4.90 Å². The number of benzene rings is 1. The minimum atomic E-state index is -4.23. The average Bonchev–Trinajstić information content (AvgIpc) is 3.20. The number of likely N-dealkylation sites (tertiary alicyclic amines) is 1. The molecule has 31 heavy (non-hydrogen) atoms. The van der Waals surface area contributed by atoms with Gasteiger partial charge >= 0.3 is 6.18 Å². The zero-order valence-corrected chi connectivity index (χ0v) is 17.5. The second kappa shape index (κ2) is 9.05. The molecule has 0 bridgehead atoms. The second-order valence-electron chi connectivity index (χ2n) is 7.79. The standard InChI is InChI=1S/C21H23F4N5S/c22-19-8-15-7-13(4-5-14(15)9-27-19)17-11-29-20(31-17)28-10-16(26)12-30-6-2-1-3-18(30)21(23,24)25/h4-5,7-9,11,16,18H,1-3,6,10,12,26H2,(H,28,29). The Kier molecular flexibility index (Phi) is 6.40. The first kappa shape index (κ1) is 21.9. The van der Waals surface area contributed by atoms with Crippen LogP contribution < -0.4 is 11.1 Å². The van der Waals surface area contributed by atoms with Crippen LogP contribution >= 0.6 is 11.3 Å². The van der Waals surface area contributed by atoms with Crippen LogP contribution in [0.25, 0.3) is 21.2 Å². The monoisotopic (exact) mass is 453 g/mol. The first-order valence-electron chi connectivity index (χ1n) is 10.1. The van der Waals surface area contributed by atoms with Crippen LogP contribution in [0.4, 0.5) is 22.7 Å². The van der Waals surface area contributed by atoms with Crippen molar-refractivity contribution in [1.29, 1.82) is 0 Å². The number of hydrogen-bond donors (Lipinski definition) is 2. The van der Waals surface area contributed by atoms with E-state index < -0.39 is 24.2 Å². The predicted molar refractivity (Wildman–Crippen MR) is 115 cm³/mol. The normalized spacial score (nSPS) is 18.9. The van der Waals surface area contributed by atoms with Gasteiger partial charge in [-0.2, -0.15) is 17.6 Å². The van der Waals surface area contributed by atoms with Crippen LogP contribution in [0.3, 0.4) is 0 Å². The predicted octanol–water partition coefficient (Wildman–Crippen LogP) is 4.65. The highest BCUT2D eigenvalue weighted by molar-refractivity contribution is 7.18. The zero-order chi connectivity index (χ0) is 22.0. The first-order chi connectivity index (χ1) is 14.8. The van der Waals surface area contributed by atoms with Crippen molar-refractivity contribution in [3.8, 4) is 10.4 Å². The molecule has 0 aliphatic carbocycles. The molecule has 1 fully saturated rings. The van der Waals surface area contributed by atoms with Crippen LogP contribution in [0, 0.1) is 5.95 Å². The Morgan fingerprint density at radius 3 is 2.81 bits per heavy atom. The lowest BCUT2D eigenvalue weighted by Gasteiger charge is -2.38. The number of hydrogen-bond acceptors (Lipinski definition) is 6. The molecule has 166 valence electrons. The van der Waals surface area contributed by atoms with Crippen molar-refractivity contribution in [2.45, 2.75) is 37.5 Å². The van der Waals surface area contributed by atoms with Crippen molar-refractivity contribution in [2.75, 3.05) is 25.0 Å². The summed E-state index contributed by atoms with van der Waals surface area (Å²) < 4.78 is 53.1. The van der Waals surface area contributed by atoms with E-state index in [2.05, 4.69) is 15.3 Å². The average molecular weight is 454 g/mol. The van der Waals surface area contributed by atoms with Crippen molar-refractivity contribution in [3.63, 3.8) is 0 Å². The summed E-state index contributed by atoms with van der Waals surface area (Å²) in [6, 6.07) is 5.18. The van der Waals surface area contributed by atoms with E-state index in [-0.39, 0.29) is 13.0 Å². The molecule has 0 amide bonds. The summed E-state index contributed by atoms with van der Waals surface area (Å²) >= 11 is 1.41. The van der Waals surface area contributed by atoms with E-state index in [1.807, 2.05) is 18.2 Å². The molecule has 1 aromatic carbocycles. The van der Waals surface area contributed by atoms with Gasteiger partial charge in [-0.1, -0.05) is 29.9 Å². The smallest absolute Gasteiger partial charge is 0.360 e. The number of rotatable bonds is 6. The molecule has 4 rings (SSSR count). The van der Waals surface area contributed by atoms with Gasteiger partial charge in [0.15, 0.2) is 5.13 Å². The van der Waals surface area contributed by atoms with E-state index in [4.69, 9.17) is 5.73 Å². The van der Waals surface area contributed by atoms with Gasteiger partial charge < -0.3 is 11.1 Å². The number of thiazole rings is 1. The highest BCUT2D eigenvalue weighted by Gasteiger charge is 2.44. The molecule has 0 saturated carbocycles. The molecule has 2 atom stereocenters. The van der Waals surface area contributed by atoms with Crippen LogP contribution in [0.2, 0.25) is 0 Å². The molecule has 3 aromatic rings. The number of aromatic nitrogens is 2. The van der Waals surface area contributed by atoms with Crippen molar-refractivity contribution in [1.82, 2.24) is 14.9 Å². The number of fused-ring (bicyclic) bond motifs is 1. The van der Waals surface area contributed by atoms with Gasteiger partial charge in [-0.25, -0.2) is 9.97 Å². The molecule has 1 aliphatic heterocycles. The molecule has 1 saturated heterocycles. The lowest BCUT2D eigenvalue weighted by atomic mass is 10.0. The number of pyridine rings is 1. The van der Waals surface area contributed by atoms with Crippen LogP contribution in [0.1, 0.15) is 19.3 Å². The van der Waals surface area contributed by atoms with Crippen LogP contribution in [-0.4, -0.2) is 52.8 Å². The summed E-state index contributed by atoms with van der Waals surface area (Å²) in [5.41, 5.74) is 7.01. The Hall–Kier alpha value is -2.30. The highest BCUT2D eigenvalue weighted by Crippen LogP contribution is 2.33. The molecule has 0 radical (unpaired) electrons. The molecular weight excluding hydrogens is 430 g/mol. The van der Waals surface area contributed by atoms with Crippen LogP contribution in [0.15, 0.2) is 36.7 Å². The zero-order valence-electron chi connectivity index (χ0n) is 16.7. The fourth-order valence-corrected chi connectivity index (χ4v) is 4.74. The van der Waals surface area contributed by atoms with Gasteiger partial charge in [0.25, 0.3) is 0 Å². The summed E-state index contributed by atoms with van der Waals surface area (Å²) in [7, 11) is 0. The fraction of sp³-hybridized carbons (Fsp3) is 0.429. The molecule has 1 aliphatic rings. The third kappa shape index (κ3) is 5.31.